The smallest absolute Gasteiger partial charge is 0.240 e. The van der Waals surface area contributed by atoms with Crippen LogP contribution in [0.25, 0.3) is 0 Å². The molecular weight excluding hydrogens is 368 g/mol. The molecule has 1 amide bonds. The van der Waals surface area contributed by atoms with Crippen molar-refractivity contribution in [2.24, 2.45) is 0 Å². The molecule has 27 heavy (non-hydrogen) atoms. The minimum Gasteiger partial charge on any atom is -0.394 e. The molecule has 3 N–H and O–H groups in total. The van der Waals surface area contributed by atoms with Crippen LogP contribution in [0.4, 0.5) is 5.69 Å². The number of carbonyl (C=O) groups excluding carboxylic acids is 1. The standard InChI is InChI=1S/C19H24N2O5S/c1-14-3-5-16(6-4-14)19(26-12-11-22)13-20-27(24,25)18-9-7-17(8-10-18)21-15(2)23/h3-10,19-20,22H,11-13H2,1-2H3,(H,21,23)/t19-/m1/s1. The van der Waals surface area contributed by atoms with E-state index in [1.807, 2.05) is 31.2 Å². The third-order valence-corrected chi connectivity index (χ3v) is 5.24. The summed E-state index contributed by atoms with van der Waals surface area (Å²) < 4.78 is 33.2. The van der Waals surface area contributed by atoms with E-state index in [4.69, 9.17) is 9.84 Å². The fourth-order valence-electron chi connectivity index (χ4n) is 2.44. The number of aryl methyl sites for hydroxylation is 1. The molecule has 0 aliphatic carbocycles. The minimum absolute atomic E-state index is 0.0266. The molecule has 146 valence electrons. The first-order valence-electron chi connectivity index (χ1n) is 8.48. The second-order valence-corrected chi connectivity index (χ2v) is 7.82. The summed E-state index contributed by atoms with van der Waals surface area (Å²) in [6, 6.07) is 13.5. The number of carbonyl (C=O) groups is 1. The van der Waals surface area contributed by atoms with Gasteiger partial charge in [-0.1, -0.05) is 29.8 Å². The lowest BCUT2D eigenvalue weighted by atomic mass is 10.1. The van der Waals surface area contributed by atoms with Crippen molar-refractivity contribution in [1.29, 1.82) is 0 Å². The summed E-state index contributed by atoms with van der Waals surface area (Å²) in [6.45, 7) is 3.31. The molecule has 0 saturated heterocycles. The van der Waals surface area contributed by atoms with Crippen LogP contribution in [-0.2, 0) is 19.6 Å². The van der Waals surface area contributed by atoms with E-state index in [-0.39, 0.29) is 30.6 Å². The monoisotopic (exact) mass is 392 g/mol. The van der Waals surface area contributed by atoms with Gasteiger partial charge in [0.1, 0.15) is 0 Å². The molecule has 0 saturated carbocycles. The second kappa shape index (κ2) is 9.61. The highest BCUT2D eigenvalue weighted by Crippen LogP contribution is 2.19. The van der Waals surface area contributed by atoms with Gasteiger partial charge in [0.25, 0.3) is 0 Å². The van der Waals surface area contributed by atoms with E-state index in [0.29, 0.717) is 5.69 Å². The van der Waals surface area contributed by atoms with E-state index in [1.54, 1.807) is 0 Å². The molecule has 2 rings (SSSR count). The number of anilines is 1. The number of ether oxygens (including phenoxy) is 1. The molecule has 0 bridgehead atoms. The maximum atomic E-state index is 12.5. The van der Waals surface area contributed by atoms with E-state index in [0.717, 1.165) is 11.1 Å². The average Bonchev–Trinajstić information content (AvgIpc) is 2.63. The largest absolute Gasteiger partial charge is 0.394 e. The summed E-state index contributed by atoms with van der Waals surface area (Å²) in [5.41, 5.74) is 2.42. The molecule has 1 atom stereocenters. The van der Waals surface area contributed by atoms with Crippen LogP contribution in [0.5, 0.6) is 0 Å². The van der Waals surface area contributed by atoms with Crippen molar-refractivity contribution >= 4 is 21.6 Å². The Morgan fingerprint density at radius 1 is 1.11 bits per heavy atom. The van der Waals surface area contributed by atoms with Crippen molar-refractivity contribution in [3.05, 3.63) is 59.7 Å². The molecule has 0 unspecified atom stereocenters. The second-order valence-electron chi connectivity index (χ2n) is 6.05. The fraction of sp³-hybridized carbons (Fsp3) is 0.316. The Hall–Kier alpha value is -2.26. The Morgan fingerprint density at radius 3 is 2.30 bits per heavy atom. The van der Waals surface area contributed by atoms with Crippen molar-refractivity contribution in [3.63, 3.8) is 0 Å². The van der Waals surface area contributed by atoms with Crippen LogP contribution in [0.2, 0.25) is 0 Å². The zero-order valence-electron chi connectivity index (χ0n) is 15.3. The Labute approximate surface area is 159 Å². The highest BCUT2D eigenvalue weighted by Gasteiger charge is 2.19. The Kier molecular flexibility index (Phi) is 7.49. The molecule has 0 aromatic heterocycles. The molecule has 7 nitrogen and oxygen atoms in total. The average molecular weight is 392 g/mol. The number of sulfonamides is 1. The first-order valence-corrected chi connectivity index (χ1v) is 9.96. The van der Waals surface area contributed by atoms with Crippen molar-refractivity contribution < 1.29 is 23.1 Å². The Bertz CT molecular complexity index is 849. The maximum Gasteiger partial charge on any atom is 0.240 e. The fourth-order valence-corrected chi connectivity index (χ4v) is 3.47. The van der Waals surface area contributed by atoms with Crippen molar-refractivity contribution in [2.75, 3.05) is 25.1 Å². The van der Waals surface area contributed by atoms with Crippen LogP contribution in [0.15, 0.2) is 53.4 Å². The van der Waals surface area contributed by atoms with Gasteiger partial charge in [-0.25, -0.2) is 13.1 Å². The number of hydrogen-bond donors (Lipinski definition) is 3. The quantitative estimate of drug-likeness (QED) is 0.605. The number of rotatable bonds is 9. The molecule has 2 aromatic carbocycles. The van der Waals surface area contributed by atoms with Gasteiger partial charge < -0.3 is 15.2 Å². The first-order chi connectivity index (χ1) is 12.8. The van der Waals surface area contributed by atoms with Gasteiger partial charge in [-0.15, -0.1) is 0 Å². The van der Waals surface area contributed by atoms with E-state index in [2.05, 4.69) is 10.0 Å². The highest BCUT2D eigenvalue weighted by atomic mass is 32.2. The van der Waals surface area contributed by atoms with Crippen LogP contribution in [0, 0.1) is 6.92 Å². The van der Waals surface area contributed by atoms with Gasteiger partial charge in [-0.2, -0.15) is 0 Å². The van der Waals surface area contributed by atoms with Crippen LogP contribution in [0.3, 0.4) is 0 Å². The summed E-state index contributed by atoms with van der Waals surface area (Å²) in [7, 11) is -3.75. The van der Waals surface area contributed by atoms with Gasteiger partial charge in [0, 0.05) is 19.2 Å². The van der Waals surface area contributed by atoms with Gasteiger partial charge in [0.15, 0.2) is 0 Å². The lowest BCUT2D eigenvalue weighted by Gasteiger charge is -2.19. The third kappa shape index (κ3) is 6.44. The topological polar surface area (TPSA) is 105 Å². The normalized spacial score (nSPS) is 12.6. The van der Waals surface area contributed by atoms with Crippen molar-refractivity contribution in [2.45, 2.75) is 24.8 Å². The molecule has 0 fully saturated rings. The SMILES string of the molecule is CC(=O)Nc1ccc(S(=O)(=O)NC[C@@H](OCCO)c2ccc(C)cc2)cc1. The minimum atomic E-state index is -3.75. The van der Waals surface area contributed by atoms with Crippen LogP contribution < -0.4 is 10.0 Å². The first kappa shape index (κ1) is 21.0. The van der Waals surface area contributed by atoms with E-state index in [9.17, 15) is 13.2 Å². The Morgan fingerprint density at radius 2 is 1.74 bits per heavy atom. The number of benzene rings is 2. The van der Waals surface area contributed by atoms with E-state index < -0.39 is 16.1 Å². The predicted octanol–water partition coefficient (Wildman–Crippen LogP) is 1.98. The summed E-state index contributed by atoms with van der Waals surface area (Å²) in [5, 5.41) is 11.6. The number of aliphatic hydroxyl groups excluding tert-OH is 1. The van der Waals surface area contributed by atoms with Crippen LogP contribution >= 0.6 is 0 Å². The number of amides is 1. The molecule has 2 aromatic rings. The zero-order valence-corrected chi connectivity index (χ0v) is 16.1. The van der Waals surface area contributed by atoms with Crippen molar-refractivity contribution in [1.82, 2.24) is 4.72 Å². The molecule has 0 spiro atoms. The van der Waals surface area contributed by atoms with Gasteiger partial charge >= 0.3 is 0 Å². The van der Waals surface area contributed by atoms with Crippen LogP contribution in [-0.4, -0.2) is 39.2 Å². The summed E-state index contributed by atoms with van der Waals surface area (Å²) in [6.07, 6.45) is -0.522. The van der Waals surface area contributed by atoms with Crippen LogP contribution in [0.1, 0.15) is 24.2 Å². The Balaban J connectivity index is 2.09. The highest BCUT2D eigenvalue weighted by molar-refractivity contribution is 7.89. The van der Waals surface area contributed by atoms with Gasteiger partial charge in [-0.05, 0) is 36.8 Å². The van der Waals surface area contributed by atoms with E-state index >= 15 is 0 Å². The molecular formula is C19H24N2O5S. The lowest BCUT2D eigenvalue weighted by molar-refractivity contribution is -0.114. The van der Waals surface area contributed by atoms with Crippen molar-refractivity contribution in [3.8, 4) is 0 Å². The summed E-state index contributed by atoms with van der Waals surface area (Å²) >= 11 is 0. The maximum absolute atomic E-state index is 12.5. The van der Waals surface area contributed by atoms with Gasteiger partial charge in [0.2, 0.25) is 15.9 Å². The molecule has 0 aliphatic rings. The molecule has 8 heteroatoms. The van der Waals surface area contributed by atoms with Gasteiger partial charge in [0.05, 0.1) is 24.2 Å². The number of nitrogens with one attached hydrogen (secondary N) is 2. The van der Waals surface area contributed by atoms with E-state index in [1.165, 1.54) is 31.2 Å². The third-order valence-electron chi connectivity index (χ3n) is 3.80. The van der Waals surface area contributed by atoms with Gasteiger partial charge in [-0.3, -0.25) is 4.79 Å². The number of aliphatic hydroxyl groups is 1. The zero-order chi connectivity index (χ0) is 19.9. The summed E-state index contributed by atoms with van der Waals surface area (Å²) in [4.78, 5) is 11.1. The predicted molar refractivity (Wildman–Crippen MR) is 103 cm³/mol. The lowest BCUT2D eigenvalue weighted by Crippen LogP contribution is -2.30. The number of hydrogen-bond acceptors (Lipinski definition) is 5. The molecule has 0 heterocycles. The summed E-state index contributed by atoms with van der Waals surface area (Å²) in [5.74, 6) is -0.231. The molecule has 0 aliphatic heterocycles. The molecule has 0 radical (unpaired) electrons.